The molecule has 5 nitrogen and oxygen atoms in total. The molecule has 0 saturated heterocycles. The van der Waals surface area contributed by atoms with E-state index in [4.69, 9.17) is 0 Å². The van der Waals surface area contributed by atoms with Crippen molar-refractivity contribution in [2.24, 2.45) is 0 Å². The number of benzene rings is 1. The molecule has 0 unspecified atom stereocenters. The molecule has 1 N–H and O–H groups in total. The number of rotatable bonds is 5. The van der Waals surface area contributed by atoms with E-state index in [1.807, 2.05) is 30.2 Å². The molecule has 0 bridgehead atoms. The summed E-state index contributed by atoms with van der Waals surface area (Å²) in [7, 11) is 1.96. The van der Waals surface area contributed by atoms with E-state index in [9.17, 15) is 0 Å². The van der Waals surface area contributed by atoms with Crippen LogP contribution < -0.4 is 5.32 Å². The molecule has 0 radical (unpaired) electrons. The first-order chi connectivity index (χ1) is 10.3. The normalized spacial score (nSPS) is 11.1. The maximum atomic E-state index is 4.47. The number of aromatic nitrogens is 4. The summed E-state index contributed by atoms with van der Waals surface area (Å²) in [6, 6.07) is 8.24. The van der Waals surface area contributed by atoms with Crippen LogP contribution in [0.15, 0.2) is 36.7 Å². The third kappa shape index (κ3) is 2.78. The average molecular weight is 281 g/mol. The van der Waals surface area contributed by atoms with Crippen LogP contribution in [0.3, 0.4) is 0 Å². The Morgan fingerprint density at radius 2 is 2.14 bits per heavy atom. The minimum absolute atomic E-state index is 0.871. The van der Waals surface area contributed by atoms with Crippen LogP contribution in [-0.2, 0) is 6.54 Å². The van der Waals surface area contributed by atoms with Gasteiger partial charge in [0.1, 0.15) is 5.69 Å². The summed E-state index contributed by atoms with van der Waals surface area (Å²) in [5.41, 5.74) is 4.19. The molecule has 108 valence electrons. The summed E-state index contributed by atoms with van der Waals surface area (Å²) >= 11 is 0. The number of aryl methyl sites for hydroxylation is 2. The van der Waals surface area contributed by atoms with Crippen molar-refractivity contribution in [1.29, 1.82) is 0 Å². The SMILES string of the molecule is CNCCCn1cc(-c2ccc(C)c3ncccc23)nn1. The smallest absolute Gasteiger partial charge is 0.113 e. The highest BCUT2D eigenvalue weighted by atomic mass is 15.4. The molecular weight excluding hydrogens is 262 g/mol. The Bertz CT molecular complexity index is 747. The number of nitrogens with one attached hydrogen (secondary N) is 1. The van der Waals surface area contributed by atoms with Crippen LogP contribution in [0, 0.1) is 6.92 Å². The summed E-state index contributed by atoms with van der Waals surface area (Å²) in [6.45, 7) is 3.93. The van der Waals surface area contributed by atoms with Gasteiger partial charge in [0.2, 0.25) is 0 Å². The van der Waals surface area contributed by atoms with Gasteiger partial charge in [-0.05, 0) is 38.6 Å². The second-order valence-electron chi connectivity index (χ2n) is 5.15. The van der Waals surface area contributed by atoms with Gasteiger partial charge in [-0.25, -0.2) is 0 Å². The molecule has 0 atom stereocenters. The third-order valence-electron chi connectivity index (χ3n) is 3.60. The van der Waals surface area contributed by atoms with Crippen LogP contribution in [0.4, 0.5) is 0 Å². The molecular formula is C16H19N5. The van der Waals surface area contributed by atoms with Crippen molar-refractivity contribution < 1.29 is 0 Å². The van der Waals surface area contributed by atoms with Crippen molar-refractivity contribution in [3.05, 3.63) is 42.2 Å². The summed E-state index contributed by atoms with van der Waals surface area (Å²) in [5.74, 6) is 0. The van der Waals surface area contributed by atoms with Crippen molar-refractivity contribution >= 4 is 10.9 Å². The van der Waals surface area contributed by atoms with E-state index in [0.717, 1.165) is 41.7 Å². The van der Waals surface area contributed by atoms with Gasteiger partial charge in [0.05, 0.1) is 11.7 Å². The molecule has 5 heteroatoms. The van der Waals surface area contributed by atoms with E-state index in [2.05, 4.69) is 45.7 Å². The van der Waals surface area contributed by atoms with Gasteiger partial charge >= 0.3 is 0 Å². The van der Waals surface area contributed by atoms with Gasteiger partial charge in [0.25, 0.3) is 0 Å². The fraction of sp³-hybridized carbons (Fsp3) is 0.312. The fourth-order valence-electron chi connectivity index (χ4n) is 2.49. The molecule has 2 heterocycles. The first-order valence-electron chi connectivity index (χ1n) is 7.19. The van der Waals surface area contributed by atoms with E-state index in [0.29, 0.717) is 0 Å². The van der Waals surface area contributed by atoms with Gasteiger partial charge in [0.15, 0.2) is 0 Å². The highest BCUT2D eigenvalue weighted by Crippen LogP contribution is 2.27. The van der Waals surface area contributed by atoms with Crippen LogP contribution in [0.25, 0.3) is 22.2 Å². The topological polar surface area (TPSA) is 55.6 Å². The van der Waals surface area contributed by atoms with Gasteiger partial charge in [0, 0.05) is 23.7 Å². The quantitative estimate of drug-likeness (QED) is 0.730. The van der Waals surface area contributed by atoms with Crippen molar-refractivity contribution in [3.8, 4) is 11.3 Å². The highest BCUT2D eigenvalue weighted by Gasteiger charge is 2.09. The van der Waals surface area contributed by atoms with E-state index in [1.165, 1.54) is 5.56 Å². The Balaban J connectivity index is 1.96. The van der Waals surface area contributed by atoms with Gasteiger partial charge in [-0.1, -0.05) is 23.4 Å². The molecule has 0 aliphatic rings. The second-order valence-corrected chi connectivity index (χ2v) is 5.15. The summed E-state index contributed by atoms with van der Waals surface area (Å²) in [4.78, 5) is 4.47. The summed E-state index contributed by atoms with van der Waals surface area (Å²) in [6.07, 6.45) is 4.87. The Morgan fingerprint density at radius 3 is 3.00 bits per heavy atom. The molecule has 0 amide bonds. The molecule has 2 aromatic heterocycles. The molecule has 0 saturated carbocycles. The maximum Gasteiger partial charge on any atom is 0.113 e. The minimum atomic E-state index is 0.871. The van der Waals surface area contributed by atoms with Crippen LogP contribution >= 0.6 is 0 Å². The van der Waals surface area contributed by atoms with Crippen molar-refractivity contribution in [1.82, 2.24) is 25.3 Å². The van der Waals surface area contributed by atoms with E-state index >= 15 is 0 Å². The lowest BCUT2D eigenvalue weighted by Gasteiger charge is -2.05. The fourth-order valence-corrected chi connectivity index (χ4v) is 2.49. The monoisotopic (exact) mass is 281 g/mol. The van der Waals surface area contributed by atoms with Gasteiger partial charge in [-0.2, -0.15) is 0 Å². The van der Waals surface area contributed by atoms with E-state index in [-0.39, 0.29) is 0 Å². The lowest BCUT2D eigenvalue weighted by molar-refractivity contribution is 0.545. The van der Waals surface area contributed by atoms with Crippen LogP contribution in [0.1, 0.15) is 12.0 Å². The summed E-state index contributed by atoms with van der Waals surface area (Å²) < 4.78 is 1.90. The molecule has 0 aliphatic carbocycles. The Kier molecular flexibility index (Phi) is 3.92. The second kappa shape index (κ2) is 6.01. The highest BCUT2D eigenvalue weighted by molar-refractivity contribution is 5.95. The molecule has 0 aliphatic heterocycles. The van der Waals surface area contributed by atoms with Crippen LogP contribution in [0.2, 0.25) is 0 Å². The first-order valence-corrected chi connectivity index (χ1v) is 7.19. The molecule has 1 aromatic carbocycles. The van der Waals surface area contributed by atoms with E-state index < -0.39 is 0 Å². The maximum absolute atomic E-state index is 4.47. The largest absolute Gasteiger partial charge is 0.320 e. The Labute approximate surface area is 124 Å². The Morgan fingerprint density at radius 1 is 1.24 bits per heavy atom. The van der Waals surface area contributed by atoms with E-state index in [1.54, 1.807) is 0 Å². The molecule has 3 rings (SSSR count). The van der Waals surface area contributed by atoms with Crippen LogP contribution in [-0.4, -0.2) is 33.6 Å². The summed E-state index contributed by atoms with van der Waals surface area (Å²) in [5, 5.41) is 12.8. The number of hydrogen-bond acceptors (Lipinski definition) is 4. The molecule has 21 heavy (non-hydrogen) atoms. The van der Waals surface area contributed by atoms with Gasteiger partial charge in [-0.3, -0.25) is 9.67 Å². The lowest BCUT2D eigenvalue weighted by atomic mass is 10.0. The van der Waals surface area contributed by atoms with Gasteiger partial charge in [-0.15, -0.1) is 5.10 Å². The number of hydrogen-bond donors (Lipinski definition) is 1. The lowest BCUT2D eigenvalue weighted by Crippen LogP contribution is -2.11. The van der Waals surface area contributed by atoms with Crippen LogP contribution in [0.5, 0.6) is 0 Å². The third-order valence-corrected chi connectivity index (χ3v) is 3.60. The number of nitrogens with zero attached hydrogens (tertiary/aromatic N) is 4. The molecule has 0 fully saturated rings. The number of pyridine rings is 1. The van der Waals surface area contributed by atoms with Crippen molar-refractivity contribution in [2.45, 2.75) is 19.9 Å². The zero-order valence-electron chi connectivity index (χ0n) is 12.4. The zero-order valence-corrected chi connectivity index (χ0v) is 12.4. The van der Waals surface area contributed by atoms with Gasteiger partial charge < -0.3 is 5.32 Å². The van der Waals surface area contributed by atoms with Crippen molar-refractivity contribution in [3.63, 3.8) is 0 Å². The Hall–Kier alpha value is -2.27. The predicted octanol–water partition coefficient (Wildman–Crippen LogP) is 2.41. The minimum Gasteiger partial charge on any atom is -0.320 e. The predicted molar refractivity (Wildman–Crippen MR) is 84.0 cm³/mol. The average Bonchev–Trinajstić information content (AvgIpc) is 2.97. The zero-order chi connectivity index (χ0) is 14.7. The standard InChI is InChI=1S/C16H19N5/c1-12-6-7-13(14-5-3-9-18-16(12)14)15-11-21(20-19-15)10-4-8-17-2/h3,5-7,9,11,17H,4,8,10H2,1-2H3. The number of fused-ring (bicyclic) bond motifs is 1. The molecule has 3 aromatic rings. The molecule has 0 spiro atoms. The van der Waals surface area contributed by atoms with Crippen molar-refractivity contribution in [2.75, 3.05) is 13.6 Å². The first kappa shape index (κ1) is 13.7.